The van der Waals surface area contributed by atoms with Gasteiger partial charge in [0.15, 0.2) is 0 Å². The van der Waals surface area contributed by atoms with Crippen molar-refractivity contribution in [2.45, 2.75) is 19.4 Å². The average molecular weight is 266 g/mol. The first-order valence-corrected chi connectivity index (χ1v) is 6.62. The van der Waals surface area contributed by atoms with Crippen LogP contribution in [0.4, 0.5) is 8.78 Å². The molecule has 0 spiro atoms. The van der Waals surface area contributed by atoms with E-state index in [0.29, 0.717) is 12.0 Å². The zero-order valence-electron chi connectivity index (χ0n) is 11.3. The lowest BCUT2D eigenvalue weighted by Crippen LogP contribution is -2.45. The number of piperazine rings is 1. The van der Waals surface area contributed by atoms with Crippen LogP contribution in [0.15, 0.2) is 30.4 Å². The van der Waals surface area contributed by atoms with Gasteiger partial charge >= 0.3 is 0 Å². The van der Waals surface area contributed by atoms with Gasteiger partial charge in [-0.25, -0.2) is 8.78 Å². The molecule has 0 saturated carbocycles. The highest BCUT2D eigenvalue weighted by Gasteiger charge is 2.24. The van der Waals surface area contributed by atoms with Crippen molar-refractivity contribution in [1.82, 2.24) is 10.2 Å². The first-order valence-electron chi connectivity index (χ1n) is 6.62. The summed E-state index contributed by atoms with van der Waals surface area (Å²) >= 11 is 0. The summed E-state index contributed by atoms with van der Waals surface area (Å²) in [5.74, 6) is -1.000. The molecule has 2 rings (SSSR count). The Balaban J connectivity index is 2.27. The summed E-state index contributed by atoms with van der Waals surface area (Å²) in [4.78, 5) is 2.24. The van der Waals surface area contributed by atoms with E-state index in [4.69, 9.17) is 0 Å². The summed E-state index contributed by atoms with van der Waals surface area (Å²) in [5.41, 5.74) is 1.57. The largest absolute Gasteiger partial charge is 0.314 e. The van der Waals surface area contributed by atoms with Crippen LogP contribution in [0, 0.1) is 11.6 Å². The molecule has 0 radical (unpaired) electrons. The molecule has 0 aliphatic carbocycles. The molecular formula is C15H20F2N2. The number of hydrogen-bond acceptors (Lipinski definition) is 2. The van der Waals surface area contributed by atoms with E-state index in [0.717, 1.165) is 37.8 Å². The third-order valence-electron chi connectivity index (χ3n) is 3.46. The highest BCUT2D eigenvalue weighted by atomic mass is 19.1. The van der Waals surface area contributed by atoms with Crippen LogP contribution in [0.5, 0.6) is 0 Å². The molecule has 104 valence electrons. The number of hydrogen-bond donors (Lipinski definition) is 1. The maximum absolute atomic E-state index is 14.0. The highest BCUT2D eigenvalue weighted by Crippen LogP contribution is 2.29. The second-order valence-corrected chi connectivity index (χ2v) is 5.13. The normalized spacial score (nSPS) is 18.3. The lowest BCUT2D eigenvalue weighted by atomic mass is 9.97. The van der Waals surface area contributed by atoms with Crippen molar-refractivity contribution in [3.05, 3.63) is 47.5 Å². The van der Waals surface area contributed by atoms with Crippen molar-refractivity contribution in [2.75, 3.05) is 26.2 Å². The molecule has 1 atom stereocenters. The molecule has 1 aliphatic rings. The molecule has 4 heteroatoms. The summed E-state index contributed by atoms with van der Waals surface area (Å²) in [7, 11) is 0. The third kappa shape index (κ3) is 3.61. The molecule has 1 aromatic rings. The van der Waals surface area contributed by atoms with Crippen molar-refractivity contribution in [3.63, 3.8) is 0 Å². The number of rotatable bonds is 4. The van der Waals surface area contributed by atoms with Gasteiger partial charge in [-0.1, -0.05) is 11.6 Å². The van der Waals surface area contributed by atoms with Crippen molar-refractivity contribution in [2.24, 2.45) is 0 Å². The Bertz CT molecular complexity index is 453. The number of benzene rings is 1. The third-order valence-corrected chi connectivity index (χ3v) is 3.46. The van der Waals surface area contributed by atoms with Gasteiger partial charge in [-0.3, -0.25) is 4.90 Å². The Morgan fingerprint density at radius 1 is 1.37 bits per heavy atom. The number of nitrogens with zero attached hydrogens (tertiary/aromatic N) is 1. The van der Waals surface area contributed by atoms with Gasteiger partial charge in [-0.05, 0) is 19.4 Å². The predicted octanol–water partition coefficient (Wildman–Crippen LogP) is 2.88. The van der Waals surface area contributed by atoms with Crippen molar-refractivity contribution in [3.8, 4) is 0 Å². The second-order valence-electron chi connectivity index (χ2n) is 5.13. The Hall–Kier alpha value is -1.26. The van der Waals surface area contributed by atoms with E-state index in [9.17, 15) is 8.78 Å². The Kier molecular flexibility index (Phi) is 4.66. The van der Waals surface area contributed by atoms with Gasteiger partial charge < -0.3 is 5.32 Å². The summed E-state index contributed by atoms with van der Waals surface area (Å²) < 4.78 is 27.0. The van der Waals surface area contributed by atoms with Gasteiger partial charge in [-0.2, -0.15) is 0 Å². The van der Waals surface area contributed by atoms with Gasteiger partial charge in [0.05, 0.1) is 0 Å². The Labute approximate surface area is 113 Å². The van der Waals surface area contributed by atoms with E-state index in [1.165, 1.54) is 6.07 Å². The Morgan fingerprint density at radius 2 is 2.05 bits per heavy atom. The van der Waals surface area contributed by atoms with Crippen LogP contribution in [0.3, 0.4) is 0 Å². The monoisotopic (exact) mass is 266 g/mol. The van der Waals surface area contributed by atoms with Crippen LogP contribution in [0.2, 0.25) is 0 Å². The minimum atomic E-state index is -0.532. The molecule has 1 fully saturated rings. The predicted molar refractivity (Wildman–Crippen MR) is 73.0 cm³/mol. The molecule has 1 saturated heterocycles. The van der Waals surface area contributed by atoms with E-state index < -0.39 is 11.6 Å². The van der Waals surface area contributed by atoms with Crippen LogP contribution in [-0.2, 0) is 0 Å². The minimum Gasteiger partial charge on any atom is -0.314 e. The fraction of sp³-hybridized carbons (Fsp3) is 0.467. The first kappa shape index (κ1) is 14.2. The molecule has 1 N–H and O–H groups in total. The van der Waals surface area contributed by atoms with Gasteiger partial charge in [0.1, 0.15) is 11.6 Å². The van der Waals surface area contributed by atoms with Crippen LogP contribution in [0.25, 0.3) is 0 Å². The van der Waals surface area contributed by atoms with Crippen LogP contribution >= 0.6 is 0 Å². The van der Waals surface area contributed by atoms with E-state index in [2.05, 4.69) is 16.8 Å². The molecule has 1 aliphatic heterocycles. The smallest absolute Gasteiger partial charge is 0.130 e. The standard InChI is InChI=1S/C15H20F2N2/c1-11(2)9-15(19-7-5-18-6-8-19)13-4-3-12(16)10-14(13)17/h3-4,10,15,18H,1,5-9H2,2H3/t15-/m0/s1. The van der Waals surface area contributed by atoms with Crippen LogP contribution in [0.1, 0.15) is 24.9 Å². The van der Waals surface area contributed by atoms with Crippen molar-refractivity contribution >= 4 is 0 Å². The fourth-order valence-corrected chi connectivity index (χ4v) is 2.53. The molecular weight excluding hydrogens is 246 g/mol. The number of halogens is 2. The summed E-state index contributed by atoms with van der Waals surface area (Å²) in [5, 5.41) is 3.28. The zero-order valence-corrected chi connectivity index (χ0v) is 11.3. The molecule has 19 heavy (non-hydrogen) atoms. The molecule has 0 aromatic heterocycles. The lowest BCUT2D eigenvalue weighted by molar-refractivity contribution is 0.169. The van der Waals surface area contributed by atoms with Gasteiger partial charge in [0.25, 0.3) is 0 Å². The van der Waals surface area contributed by atoms with Crippen LogP contribution in [-0.4, -0.2) is 31.1 Å². The van der Waals surface area contributed by atoms with Gasteiger partial charge in [0, 0.05) is 43.9 Å². The van der Waals surface area contributed by atoms with Gasteiger partial charge in [-0.15, -0.1) is 6.58 Å². The quantitative estimate of drug-likeness (QED) is 0.843. The molecule has 1 heterocycles. The lowest BCUT2D eigenvalue weighted by Gasteiger charge is -2.35. The van der Waals surface area contributed by atoms with E-state index in [-0.39, 0.29) is 6.04 Å². The molecule has 0 bridgehead atoms. The summed E-state index contributed by atoms with van der Waals surface area (Å²) in [6.45, 7) is 9.40. The Morgan fingerprint density at radius 3 is 2.63 bits per heavy atom. The number of nitrogens with one attached hydrogen (secondary N) is 1. The highest BCUT2D eigenvalue weighted by molar-refractivity contribution is 5.24. The maximum atomic E-state index is 14.0. The second kappa shape index (κ2) is 6.26. The summed E-state index contributed by atoms with van der Waals surface area (Å²) in [6, 6.07) is 3.79. The SMILES string of the molecule is C=C(C)C[C@@H](c1ccc(F)cc1F)N1CCNCC1. The first-order chi connectivity index (χ1) is 9.08. The van der Waals surface area contributed by atoms with Gasteiger partial charge in [0.2, 0.25) is 0 Å². The maximum Gasteiger partial charge on any atom is 0.130 e. The topological polar surface area (TPSA) is 15.3 Å². The minimum absolute atomic E-state index is 0.0554. The van der Waals surface area contributed by atoms with E-state index in [1.807, 2.05) is 6.92 Å². The molecule has 2 nitrogen and oxygen atoms in total. The van der Waals surface area contributed by atoms with Crippen molar-refractivity contribution < 1.29 is 8.78 Å². The van der Waals surface area contributed by atoms with Crippen LogP contribution < -0.4 is 5.32 Å². The molecule has 0 unspecified atom stereocenters. The molecule has 1 aromatic carbocycles. The van der Waals surface area contributed by atoms with E-state index >= 15 is 0 Å². The average Bonchev–Trinajstić information content (AvgIpc) is 2.37. The zero-order chi connectivity index (χ0) is 13.8. The van der Waals surface area contributed by atoms with Crippen molar-refractivity contribution in [1.29, 1.82) is 0 Å². The fourth-order valence-electron chi connectivity index (χ4n) is 2.53. The van der Waals surface area contributed by atoms with E-state index in [1.54, 1.807) is 6.07 Å². The molecule has 0 amide bonds. The summed E-state index contributed by atoms with van der Waals surface area (Å²) in [6.07, 6.45) is 0.697.